The van der Waals surface area contributed by atoms with Gasteiger partial charge < -0.3 is 0 Å². The molecule has 1 aromatic heterocycles. The molecule has 0 atom stereocenters. The lowest BCUT2D eigenvalue weighted by atomic mass is 9.93. The minimum atomic E-state index is 0.840. The fraction of sp³-hybridized carbons (Fsp3) is 0.688. The molecule has 0 amide bonds. The van der Waals surface area contributed by atoms with Crippen molar-refractivity contribution in [2.75, 3.05) is 6.54 Å². The van der Waals surface area contributed by atoms with Crippen LogP contribution >= 0.6 is 0 Å². The summed E-state index contributed by atoms with van der Waals surface area (Å²) < 4.78 is 0. The lowest BCUT2D eigenvalue weighted by Gasteiger charge is -2.34. The highest BCUT2D eigenvalue weighted by Crippen LogP contribution is 2.33. The Kier molecular flexibility index (Phi) is 3.94. The second-order valence-corrected chi connectivity index (χ2v) is 6.02. The van der Waals surface area contributed by atoms with Crippen LogP contribution in [0.5, 0.6) is 0 Å². The van der Waals surface area contributed by atoms with Gasteiger partial charge in [0.15, 0.2) is 0 Å². The van der Waals surface area contributed by atoms with Crippen molar-refractivity contribution >= 4 is 0 Å². The lowest BCUT2D eigenvalue weighted by Crippen LogP contribution is -2.37. The van der Waals surface area contributed by atoms with Gasteiger partial charge in [0.05, 0.1) is 0 Å². The molecule has 2 fully saturated rings. The monoisotopic (exact) mass is 244 g/mol. The minimum absolute atomic E-state index is 0.840. The summed E-state index contributed by atoms with van der Waals surface area (Å²) in [4.78, 5) is 6.88. The van der Waals surface area contributed by atoms with Gasteiger partial charge in [-0.05, 0) is 49.3 Å². The maximum Gasteiger partial charge on any atom is 0.0271 e. The molecule has 0 aromatic carbocycles. The normalized spacial score (nSPS) is 21.4. The first-order valence-corrected chi connectivity index (χ1v) is 7.55. The topological polar surface area (TPSA) is 16.1 Å². The van der Waals surface area contributed by atoms with Gasteiger partial charge in [0.2, 0.25) is 0 Å². The van der Waals surface area contributed by atoms with Crippen LogP contribution in [0.4, 0.5) is 0 Å². The third-order valence-electron chi connectivity index (χ3n) is 4.42. The van der Waals surface area contributed by atoms with Gasteiger partial charge >= 0.3 is 0 Å². The molecule has 2 aliphatic rings. The Morgan fingerprint density at radius 1 is 1.00 bits per heavy atom. The first-order valence-electron chi connectivity index (χ1n) is 7.55. The van der Waals surface area contributed by atoms with Crippen LogP contribution in [-0.2, 0) is 6.54 Å². The van der Waals surface area contributed by atoms with E-state index < -0.39 is 0 Å². The van der Waals surface area contributed by atoms with E-state index in [4.69, 9.17) is 0 Å². The highest BCUT2D eigenvalue weighted by Gasteiger charge is 2.28. The van der Waals surface area contributed by atoms with E-state index in [0.29, 0.717) is 0 Å². The van der Waals surface area contributed by atoms with Crippen molar-refractivity contribution in [3.05, 3.63) is 30.1 Å². The van der Waals surface area contributed by atoms with Gasteiger partial charge in [-0.1, -0.05) is 19.3 Å². The molecule has 1 aromatic rings. The molecule has 0 radical (unpaired) electrons. The van der Waals surface area contributed by atoms with Gasteiger partial charge in [-0.15, -0.1) is 0 Å². The minimum Gasteiger partial charge on any atom is -0.296 e. The van der Waals surface area contributed by atoms with E-state index in [1.807, 2.05) is 12.4 Å². The number of aromatic nitrogens is 1. The Morgan fingerprint density at radius 2 is 1.72 bits per heavy atom. The smallest absolute Gasteiger partial charge is 0.0271 e. The summed E-state index contributed by atoms with van der Waals surface area (Å²) in [6.45, 7) is 2.46. The summed E-state index contributed by atoms with van der Waals surface area (Å²) in [5.41, 5.74) is 1.43. The number of nitrogens with zero attached hydrogens (tertiary/aromatic N) is 2. The summed E-state index contributed by atoms with van der Waals surface area (Å²) >= 11 is 0. The van der Waals surface area contributed by atoms with Gasteiger partial charge in [-0.2, -0.15) is 0 Å². The van der Waals surface area contributed by atoms with Gasteiger partial charge in [0.1, 0.15) is 0 Å². The van der Waals surface area contributed by atoms with E-state index in [2.05, 4.69) is 22.0 Å². The van der Waals surface area contributed by atoms with Crippen molar-refractivity contribution < 1.29 is 0 Å². The fourth-order valence-electron chi connectivity index (χ4n) is 3.14. The van der Waals surface area contributed by atoms with Crippen LogP contribution in [0.1, 0.15) is 50.5 Å². The number of rotatable bonds is 5. The molecule has 0 saturated heterocycles. The van der Waals surface area contributed by atoms with Crippen molar-refractivity contribution in [3.8, 4) is 0 Å². The first kappa shape index (κ1) is 12.2. The molecule has 3 rings (SSSR count). The summed E-state index contributed by atoms with van der Waals surface area (Å²) in [5, 5.41) is 0. The zero-order chi connectivity index (χ0) is 12.2. The molecule has 2 aliphatic carbocycles. The first-order chi connectivity index (χ1) is 8.92. The van der Waals surface area contributed by atoms with E-state index in [9.17, 15) is 0 Å². The van der Waals surface area contributed by atoms with E-state index in [-0.39, 0.29) is 0 Å². The van der Waals surface area contributed by atoms with E-state index in [1.165, 1.54) is 57.1 Å². The zero-order valence-corrected chi connectivity index (χ0v) is 11.2. The van der Waals surface area contributed by atoms with Gasteiger partial charge in [-0.3, -0.25) is 9.88 Å². The summed E-state index contributed by atoms with van der Waals surface area (Å²) in [6.07, 6.45) is 13.9. The molecular formula is C16H24N2. The average Bonchev–Trinajstić information content (AvgIpc) is 3.24. The van der Waals surface area contributed by atoms with Crippen molar-refractivity contribution in [1.82, 2.24) is 9.88 Å². The van der Waals surface area contributed by atoms with Gasteiger partial charge in [0.25, 0.3) is 0 Å². The van der Waals surface area contributed by atoms with Gasteiger partial charge in [-0.25, -0.2) is 0 Å². The lowest BCUT2D eigenvalue weighted by molar-refractivity contribution is 0.141. The Bertz CT molecular complexity index is 353. The van der Waals surface area contributed by atoms with Crippen molar-refractivity contribution in [1.29, 1.82) is 0 Å². The Hall–Kier alpha value is -0.890. The Balaban J connectivity index is 1.64. The summed E-state index contributed by atoms with van der Waals surface area (Å²) in [5.74, 6) is 0.994. The number of hydrogen-bond acceptors (Lipinski definition) is 2. The molecule has 2 heteroatoms. The van der Waals surface area contributed by atoms with Crippen molar-refractivity contribution in [3.63, 3.8) is 0 Å². The highest BCUT2D eigenvalue weighted by molar-refractivity contribution is 5.09. The average molecular weight is 244 g/mol. The van der Waals surface area contributed by atoms with Crippen molar-refractivity contribution in [2.24, 2.45) is 5.92 Å². The predicted octanol–water partition coefficient (Wildman–Crippen LogP) is 3.63. The van der Waals surface area contributed by atoms with E-state index in [0.717, 1.165) is 18.5 Å². The molecule has 1 heterocycles. The van der Waals surface area contributed by atoms with Crippen molar-refractivity contribution in [2.45, 2.75) is 57.5 Å². The summed E-state index contributed by atoms with van der Waals surface area (Å²) in [7, 11) is 0. The van der Waals surface area contributed by atoms with Crippen LogP contribution in [-0.4, -0.2) is 22.5 Å². The maximum atomic E-state index is 4.12. The molecule has 0 N–H and O–H groups in total. The number of pyridine rings is 1. The molecule has 0 unspecified atom stereocenters. The zero-order valence-electron chi connectivity index (χ0n) is 11.2. The highest BCUT2D eigenvalue weighted by atomic mass is 15.2. The molecule has 18 heavy (non-hydrogen) atoms. The SMILES string of the molecule is c1cc(CN(CC2CC2)C2CCCCC2)ccn1. The second-order valence-electron chi connectivity index (χ2n) is 6.02. The third kappa shape index (κ3) is 3.32. The molecule has 98 valence electrons. The molecule has 0 spiro atoms. The Morgan fingerprint density at radius 3 is 2.39 bits per heavy atom. The largest absolute Gasteiger partial charge is 0.296 e. The van der Waals surface area contributed by atoms with Crippen LogP contribution in [0.2, 0.25) is 0 Å². The van der Waals surface area contributed by atoms with E-state index in [1.54, 1.807) is 0 Å². The fourth-order valence-corrected chi connectivity index (χ4v) is 3.14. The Labute approximate surface area is 110 Å². The molecule has 0 aliphatic heterocycles. The third-order valence-corrected chi connectivity index (χ3v) is 4.42. The van der Waals surface area contributed by atoms with Crippen LogP contribution in [0, 0.1) is 5.92 Å². The van der Waals surface area contributed by atoms with Crippen LogP contribution in [0.3, 0.4) is 0 Å². The van der Waals surface area contributed by atoms with Gasteiger partial charge in [0, 0.05) is 31.5 Å². The maximum absolute atomic E-state index is 4.12. The quantitative estimate of drug-likeness (QED) is 0.786. The molecular weight excluding hydrogens is 220 g/mol. The number of hydrogen-bond donors (Lipinski definition) is 0. The second kappa shape index (κ2) is 5.83. The molecule has 2 saturated carbocycles. The van der Waals surface area contributed by atoms with Crippen LogP contribution < -0.4 is 0 Å². The standard InChI is InChI=1S/C16H24N2/c1-2-4-16(5-3-1)18(12-14-6-7-14)13-15-8-10-17-11-9-15/h8-11,14,16H,1-7,12-13H2. The predicted molar refractivity (Wildman–Crippen MR) is 74.2 cm³/mol. The van der Waals surface area contributed by atoms with Crippen LogP contribution in [0.15, 0.2) is 24.5 Å². The molecule has 2 nitrogen and oxygen atoms in total. The summed E-state index contributed by atoms with van der Waals surface area (Å²) in [6, 6.07) is 5.18. The van der Waals surface area contributed by atoms with Crippen LogP contribution in [0.25, 0.3) is 0 Å². The van der Waals surface area contributed by atoms with E-state index >= 15 is 0 Å². The molecule has 0 bridgehead atoms.